The van der Waals surface area contributed by atoms with E-state index in [9.17, 15) is 0 Å². The Hall–Kier alpha value is -8.35. The van der Waals surface area contributed by atoms with Gasteiger partial charge >= 0.3 is 0 Å². The van der Waals surface area contributed by atoms with E-state index in [1.54, 1.807) is 0 Å². The van der Waals surface area contributed by atoms with Crippen LogP contribution in [0.5, 0.6) is 0 Å². The molecule has 2 atom stereocenters. The van der Waals surface area contributed by atoms with Crippen molar-refractivity contribution in [2.24, 2.45) is 10.7 Å². The molecule has 2 unspecified atom stereocenters. The van der Waals surface area contributed by atoms with E-state index in [1.165, 1.54) is 80.9 Å². The average Bonchev–Trinajstić information content (AvgIpc) is 4.04. The molecule has 1 aliphatic carbocycles. The Morgan fingerprint density at radius 3 is 1.81 bits per heavy atom. The van der Waals surface area contributed by atoms with Gasteiger partial charge in [-0.2, -0.15) is 0 Å². The molecule has 0 amide bonds. The van der Waals surface area contributed by atoms with Crippen LogP contribution in [0.25, 0.3) is 69.9 Å². The van der Waals surface area contributed by atoms with Crippen molar-refractivity contribution in [1.82, 2.24) is 9.47 Å². The molecule has 0 saturated carbocycles. The Balaban J connectivity index is 0.942. The number of hydrogen-bond donors (Lipinski definition) is 1. The van der Waals surface area contributed by atoms with Gasteiger partial charge in [-0.15, -0.1) is 11.3 Å². The van der Waals surface area contributed by atoms with Crippen LogP contribution in [-0.2, 0) is 5.41 Å². The Morgan fingerprint density at radius 1 is 0.449 bits per heavy atom. The molecule has 0 fully saturated rings. The number of rotatable bonds is 8. The summed E-state index contributed by atoms with van der Waals surface area (Å²) in [6.45, 7) is 0. The molecule has 3 heterocycles. The number of fused-ring (bicyclic) bond motifs is 9. The summed E-state index contributed by atoms with van der Waals surface area (Å²) < 4.78 is 5.08. The lowest BCUT2D eigenvalue weighted by Gasteiger charge is -2.44. The summed E-state index contributed by atoms with van der Waals surface area (Å²) in [5.41, 5.74) is 23.5. The SMILES string of the molecule is NC(c1ccc(-n2c3cc(C4(c5ccccc5)c5ccccc5-c5ccccc54)ccc3c3cc4sc5ccccc5c4cc32)cc1)N1C(c2ccccc2)=NC1c1cccc(-c2ccccc2)c1. The third-order valence-electron chi connectivity index (χ3n) is 14.7. The zero-order chi connectivity index (χ0) is 45.6. The summed E-state index contributed by atoms with van der Waals surface area (Å²) in [6.07, 6.45) is -0.688. The average molecular weight is 901 g/mol. The van der Waals surface area contributed by atoms with Crippen LogP contribution in [0.3, 0.4) is 0 Å². The quantitative estimate of drug-likeness (QED) is 0.165. The zero-order valence-corrected chi connectivity index (χ0v) is 38.4. The minimum Gasteiger partial charge on any atom is -0.310 e. The van der Waals surface area contributed by atoms with Gasteiger partial charge in [0, 0.05) is 42.2 Å². The van der Waals surface area contributed by atoms with Crippen molar-refractivity contribution in [2.75, 3.05) is 0 Å². The monoisotopic (exact) mass is 900 g/mol. The predicted molar refractivity (Wildman–Crippen MR) is 287 cm³/mol. The minimum atomic E-state index is -0.524. The molecule has 0 spiro atoms. The molecule has 0 radical (unpaired) electrons. The van der Waals surface area contributed by atoms with E-state index in [0.29, 0.717) is 0 Å². The highest BCUT2D eigenvalue weighted by Crippen LogP contribution is 2.56. The molecule has 2 N–H and O–H groups in total. The maximum atomic E-state index is 7.43. The Morgan fingerprint density at radius 2 is 1.07 bits per heavy atom. The number of amidine groups is 1. The molecule has 0 bridgehead atoms. The fraction of sp³-hybridized carbons (Fsp3) is 0.0469. The highest BCUT2D eigenvalue weighted by atomic mass is 32.1. The van der Waals surface area contributed by atoms with Crippen molar-refractivity contribution in [3.05, 3.63) is 282 Å². The number of thiophene rings is 1. The van der Waals surface area contributed by atoms with Crippen LogP contribution in [0.4, 0.5) is 0 Å². The number of aromatic nitrogens is 1. The maximum Gasteiger partial charge on any atom is 0.152 e. The molecule has 2 aromatic heterocycles. The molecular formula is C64H44N4S. The van der Waals surface area contributed by atoms with Gasteiger partial charge in [0.05, 0.1) is 16.4 Å². The molecular weight excluding hydrogens is 857 g/mol. The summed E-state index contributed by atoms with van der Waals surface area (Å²) in [4.78, 5) is 7.53. The smallest absolute Gasteiger partial charge is 0.152 e. The van der Waals surface area contributed by atoms with Crippen molar-refractivity contribution in [3.63, 3.8) is 0 Å². The van der Waals surface area contributed by atoms with E-state index >= 15 is 0 Å². The number of nitrogens with zero attached hydrogens (tertiary/aromatic N) is 3. The third-order valence-corrected chi connectivity index (χ3v) is 15.9. The van der Waals surface area contributed by atoms with Gasteiger partial charge in [0.25, 0.3) is 0 Å². The van der Waals surface area contributed by atoms with E-state index in [4.69, 9.17) is 10.7 Å². The minimum absolute atomic E-state index is 0.236. The van der Waals surface area contributed by atoms with Gasteiger partial charge in [-0.3, -0.25) is 0 Å². The highest BCUT2D eigenvalue weighted by molar-refractivity contribution is 7.25. The molecule has 10 aromatic carbocycles. The summed E-state index contributed by atoms with van der Waals surface area (Å²) in [5, 5.41) is 5.02. The molecule has 14 rings (SSSR count). The van der Waals surface area contributed by atoms with Crippen LogP contribution in [0.15, 0.2) is 248 Å². The van der Waals surface area contributed by atoms with E-state index in [-0.39, 0.29) is 6.17 Å². The van der Waals surface area contributed by atoms with Gasteiger partial charge in [-0.05, 0) is 98.1 Å². The summed E-state index contributed by atoms with van der Waals surface area (Å²) in [7, 11) is 0. The van der Waals surface area contributed by atoms with Crippen LogP contribution < -0.4 is 5.73 Å². The predicted octanol–water partition coefficient (Wildman–Crippen LogP) is 15.6. The second-order valence-corrected chi connectivity index (χ2v) is 19.4. The number of hydrogen-bond acceptors (Lipinski definition) is 4. The van der Waals surface area contributed by atoms with E-state index in [0.717, 1.165) is 33.8 Å². The summed E-state index contributed by atoms with van der Waals surface area (Å²) in [6, 6.07) is 88.5. The van der Waals surface area contributed by atoms with Crippen molar-refractivity contribution in [3.8, 4) is 27.9 Å². The molecule has 69 heavy (non-hydrogen) atoms. The van der Waals surface area contributed by atoms with Crippen molar-refractivity contribution in [2.45, 2.75) is 17.7 Å². The second kappa shape index (κ2) is 15.6. The Labute approximate surface area is 404 Å². The number of nitrogens with two attached hydrogens (primary N) is 1. The van der Waals surface area contributed by atoms with Crippen molar-refractivity contribution >= 4 is 59.2 Å². The van der Waals surface area contributed by atoms with E-state index in [2.05, 4.69) is 246 Å². The lowest BCUT2D eigenvalue weighted by molar-refractivity contribution is 0.207. The van der Waals surface area contributed by atoms with E-state index < -0.39 is 11.6 Å². The van der Waals surface area contributed by atoms with Crippen LogP contribution in [0.2, 0.25) is 0 Å². The Bertz CT molecular complexity index is 3940. The molecule has 5 heteroatoms. The normalized spacial score (nSPS) is 15.3. The van der Waals surface area contributed by atoms with Crippen LogP contribution in [0, 0.1) is 0 Å². The molecule has 1 aliphatic heterocycles. The molecule has 0 saturated heterocycles. The van der Waals surface area contributed by atoms with Crippen LogP contribution in [-0.4, -0.2) is 15.3 Å². The second-order valence-electron chi connectivity index (χ2n) is 18.4. The standard InChI is InChI=1S/C64H44N4S/c65-61(68-62(43-19-6-2-7-20-43)66-63(68)45-22-16-21-44(37-45)41-17-4-1-5-18-41)42-31-34-48(35-32-42)67-57-38-47(33-36-51(57)53-40-60-54(39-58(53)67)52-27-12-15-30-59(52)69-60)64(46-23-8-3-9-24-46)55-28-13-10-25-49(55)50-26-11-14-29-56(50)64/h1-40,61,63H,65H2. The Kier molecular flexibility index (Phi) is 9.00. The summed E-state index contributed by atoms with van der Waals surface area (Å²) in [5.74, 6) is 0.895. The topological polar surface area (TPSA) is 46.5 Å². The van der Waals surface area contributed by atoms with Gasteiger partial charge in [0.1, 0.15) is 12.0 Å². The van der Waals surface area contributed by atoms with Gasteiger partial charge in [-0.1, -0.05) is 200 Å². The first-order chi connectivity index (χ1) is 34.1. The fourth-order valence-corrected chi connectivity index (χ4v) is 12.7. The third kappa shape index (κ3) is 6.01. The highest BCUT2D eigenvalue weighted by Gasteiger charge is 2.46. The molecule has 4 nitrogen and oxygen atoms in total. The lowest BCUT2D eigenvalue weighted by atomic mass is 9.67. The molecule has 326 valence electrons. The van der Waals surface area contributed by atoms with Gasteiger partial charge in [0.15, 0.2) is 6.17 Å². The maximum absolute atomic E-state index is 7.43. The zero-order valence-electron chi connectivity index (χ0n) is 37.6. The molecule has 2 aliphatic rings. The van der Waals surface area contributed by atoms with Gasteiger partial charge < -0.3 is 15.2 Å². The fourth-order valence-electron chi connectivity index (χ4n) is 11.6. The lowest BCUT2D eigenvalue weighted by Crippen LogP contribution is -2.48. The summed E-state index contributed by atoms with van der Waals surface area (Å²) >= 11 is 1.87. The van der Waals surface area contributed by atoms with Gasteiger partial charge in [-0.25, -0.2) is 4.99 Å². The van der Waals surface area contributed by atoms with Gasteiger partial charge in [0.2, 0.25) is 0 Å². The first-order valence-electron chi connectivity index (χ1n) is 23.7. The molecule has 12 aromatic rings. The first-order valence-corrected chi connectivity index (χ1v) is 24.5. The van der Waals surface area contributed by atoms with Crippen molar-refractivity contribution in [1.29, 1.82) is 0 Å². The van der Waals surface area contributed by atoms with Crippen LogP contribution in [0.1, 0.15) is 51.3 Å². The van der Waals surface area contributed by atoms with Crippen LogP contribution >= 0.6 is 11.3 Å². The number of aliphatic imine (C=N–C) groups is 1. The number of benzene rings is 10. The van der Waals surface area contributed by atoms with E-state index in [1.807, 2.05) is 17.4 Å². The van der Waals surface area contributed by atoms with Crippen molar-refractivity contribution < 1.29 is 0 Å². The largest absolute Gasteiger partial charge is 0.310 e. The first kappa shape index (κ1) is 39.8.